The van der Waals surface area contributed by atoms with Gasteiger partial charge in [0.05, 0.1) is 0 Å². The number of benzene rings is 1. The van der Waals surface area contributed by atoms with Crippen molar-refractivity contribution in [3.63, 3.8) is 0 Å². The molecular formula is C15H17N3S. The van der Waals surface area contributed by atoms with Gasteiger partial charge in [-0.3, -0.25) is 0 Å². The molecule has 1 aromatic carbocycles. The highest BCUT2D eigenvalue weighted by Gasteiger charge is 2.05. The number of pyridine rings is 1. The molecule has 4 heteroatoms. The largest absolute Gasteiger partial charge is 0.389 e. The second-order valence-electron chi connectivity index (χ2n) is 4.62. The minimum absolute atomic E-state index is 0.384. The van der Waals surface area contributed by atoms with Crippen LogP contribution in [-0.2, 0) is 0 Å². The van der Waals surface area contributed by atoms with E-state index in [0.717, 1.165) is 22.8 Å². The number of anilines is 2. The van der Waals surface area contributed by atoms with Gasteiger partial charge in [-0.15, -0.1) is 0 Å². The van der Waals surface area contributed by atoms with Gasteiger partial charge in [0.1, 0.15) is 10.8 Å². The Bertz CT molecular complexity index is 635. The second-order valence-corrected chi connectivity index (χ2v) is 5.06. The van der Waals surface area contributed by atoms with Gasteiger partial charge in [0.25, 0.3) is 0 Å². The van der Waals surface area contributed by atoms with Crippen LogP contribution in [0.3, 0.4) is 0 Å². The lowest BCUT2D eigenvalue weighted by Crippen LogP contribution is -2.11. The Balaban J connectivity index is 2.38. The molecule has 19 heavy (non-hydrogen) atoms. The monoisotopic (exact) mass is 271 g/mol. The summed E-state index contributed by atoms with van der Waals surface area (Å²) in [4.78, 5) is 4.84. The minimum atomic E-state index is 0.384. The third-order valence-electron chi connectivity index (χ3n) is 3.11. The molecule has 0 saturated carbocycles. The second kappa shape index (κ2) is 5.36. The van der Waals surface area contributed by atoms with Crippen molar-refractivity contribution in [2.24, 2.45) is 5.73 Å². The van der Waals surface area contributed by atoms with E-state index in [4.69, 9.17) is 18.0 Å². The van der Waals surface area contributed by atoms with Crippen molar-refractivity contribution in [2.45, 2.75) is 20.8 Å². The summed E-state index contributed by atoms with van der Waals surface area (Å²) in [5.74, 6) is 0.761. The molecule has 1 heterocycles. The summed E-state index contributed by atoms with van der Waals surface area (Å²) >= 11 is 5.01. The highest BCUT2D eigenvalue weighted by molar-refractivity contribution is 7.80. The first-order valence-electron chi connectivity index (χ1n) is 6.09. The number of aromatic nitrogens is 1. The highest BCUT2D eigenvalue weighted by Crippen LogP contribution is 2.22. The fraction of sp³-hybridized carbons (Fsp3) is 0.200. The highest BCUT2D eigenvalue weighted by atomic mass is 32.1. The average Bonchev–Trinajstić information content (AvgIpc) is 2.34. The molecule has 0 radical (unpaired) electrons. The fourth-order valence-electron chi connectivity index (χ4n) is 1.90. The van der Waals surface area contributed by atoms with E-state index in [1.54, 1.807) is 0 Å². The zero-order chi connectivity index (χ0) is 14.0. The van der Waals surface area contributed by atoms with Crippen molar-refractivity contribution in [3.8, 4) is 0 Å². The van der Waals surface area contributed by atoms with Gasteiger partial charge in [-0.2, -0.15) is 0 Å². The Morgan fingerprint density at radius 1 is 1.21 bits per heavy atom. The summed E-state index contributed by atoms with van der Waals surface area (Å²) in [6, 6.07) is 9.90. The molecule has 0 fully saturated rings. The van der Waals surface area contributed by atoms with Crippen LogP contribution in [0.2, 0.25) is 0 Å². The van der Waals surface area contributed by atoms with Gasteiger partial charge in [-0.25, -0.2) is 4.98 Å². The van der Waals surface area contributed by atoms with Crippen molar-refractivity contribution in [1.29, 1.82) is 0 Å². The number of nitrogens with zero attached hydrogens (tertiary/aromatic N) is 1. The van der Waals surface area contributed by atoms with Crippen LogP contribution < -0.4 is 11.1 Å². The average molecular weight is 271 g/mol. The molecule has 1 aromatic heterocycles. The molecule has 0 amide bonds. The molecule has 3 N–H and O–H groups in total. The van der Waals surface area contributed by atoms with Gasteiger partial charge < -0.3 is 11.1 Å². The van der Waals surface area contributed by atoms with Crippen LogP contribution in [0.15, 0.2) is 30.3 Å². The van der Waals surface area contributed by atoms with Crippen LogP contribution in [0.5, 0.6) is 0 Å². The number of nitrogens with one attached hydrogen (secondary N) is 1. The van der Waals surface area contributed by atoms with Gasteiger partial charge in [0, 0.05) is 16.9 Å². The van der Waals surface area contributed by atoms with Crippen molar-refractivity contribution in [2.75, 3.05) is 5.32 Å². The zero-order valence-electron chi connectivity index (χ0n) is 11.3. The van der Waals surface area contributed by atoms with Crippen LogP contribution in [0.25, 0.3) is 0 Å². The lowest BCUT2D eigenvalue weighted by Gasteiger charge is -2.12. The molecule has 0 bridgehead atoms. The number of aryl methyl sites for hydroxylation is 2. The van der Waals surface area contributed by atoms with Crippen molar-refractivity contribution in [3.05, 3.63) is 52.7 Å². The molecule has 98 valence electrons. The van der Waals surface area contributed by atoms with Gasteiger partial charge in [0.2, 0.25) is 0 Å². The molecule has 0 spiro atoms. The normalized spacial score (nSPS) is 10.3. The third kappa shape index (κ3) is 3.09. The maximum Gasteiger partial charge on any atom is 0.131 e. The van der Waals surface area contributed by atoms with E-state index in [0.29, 0.717) is 4.99 Å². The third-order valence-corrected chi connectivity index (χ3v) is 3.34. The predicted octanol–water partition coefficient (Wildman–Crippen LogP) is 3.38. The summed E-state index contributed by atoms with van der Waals surface area (Å²) in [5.41, 5.74) is 10.9. The van der Waals surface area contributed by atoms with Crippen molar-refractivity contribution >= 4 is 28.7 Å². The summed E-state index contributed by atoms with van der Waals surface area (Å²) in [5, 5.41) is 3.32. The Labute approximate surface area is 118 Å². The van der Waals surface area contributed by atoms with Gasteiger partial charge in [-0.1, -0.05) is 24.4 Å². The van der Waals surface area contributed by atoms with Gasteiger partial charge in [-0.05, 0) is 50.1 Å². The first kappa shape index (κ1) is 13.5. The topological polar surface area (TPSA) is 50.9 Å². The molecule has 0 saturated heterocycles. The number of hydrogen-bond acceptors (Lipinski definition) is 3. The maximum absolute atomic E-state index is 5.67. The van der Waals surface area contributed by atoms with E-state index < -0.39 is 0 Å². The maximum atomic E-state index is 5.67. The number of rotatable bonds is 3. The minimum Gasteiger partial charge on any atom is -0.389 e. The summed E-state index contributed by atoms with van der Waals surface area (Å²) in [6.45, 7) is 6.10. The van der Waals surface area contributed by atoms with E-state index in [1.807, 2.05) is 31.2 Å². The molecular weight excluding hydrogens is 254 g/mol. The van der Waals surface area contributed by atoms with E-state index in [9.17, 15) is 0 Å². The van der Waals surface area contributed by atoms with Crippen LogP contribution in [0, 0.1) is 20.8 Å². The quantitative estimate of drug-likeness (QED) is 0.840. The van der Waals surface area contributed by atoms with E-state index in [1.165, 1.54) is 11.1 Å². The van der Waals surface area contributed by atoms with Crippen LogP contribution in [0.4, 0.5) is 11.5 Å². The summed E-state index contributed by atoms with van der Waals surface area (Å²) < 4.78 is 0. The zero-order valence-corrected chi connectivity index (χ0v) is 12.1. The molecule has 0 unspecified atom stereocenters. The van der Waals surface area contributed by atoms with Gasteiger partial charge >= 0.3 is 0 Å². The Hall–Kier alpha value is -1.94. The Kier molecular flexibility index (Phi) is 3.81. The lowest BCUT2D eigenvalue weighted by molar-refractivity contribution is 1.19. The van der Waals surface area contributed by atoms with E-state index in [-0.39, 0.29) is 0 Å². The molecule has 0 aliphatic carbocycles. The van der Waals surface area contributed by atoms with Crippen molar-refractivity contribution in [1.82, 2.24) is 4.98 Å². The summed E-state index contributed by atoms with van der Waals surface area (Å²) in [7, 11) is 0. The van der Waals surface area contributed by atoms with Crippen LogP contribution in [-0.4, -0.2) is 9.97 Å². The number of nitrogens with two attached hydrogens (primary N) is 1. The lowest BCUT2D eigenvalue weighted by atomic mass is 10.1. The van der Waals surface area contributed by atoms with Crippen molar-refractivity contribution < 1.29 is 0 Å². The number of hydrogen-bond donors (Lipinski definition) is 2. The molecule has 3 nitrogen and oxygen atoms in total. The molecule has 0 atom stereocenters. The van der Waals surface area contributed by atoms with Gasteiger partial charge in [0.15, 0.2) is 0 Å². The van der Waals surface area contributed by atoms with E-state index in [2.05, 4.69) is 30.2 Å². The van der Waals surface area contributed by atoms with E-state index >= 15 is 0 Å². The first-order valence-corrected chi connectivity index (χ1v) is 6.50. The SMILES string of the molecule is Cc1cc(C(N)=S)cc(Nc2cccc(C)c2C)n1. The molecule has 0 aliphatic rings. The Morgan fingerprint density at radius 3 is 2.63 bits per heavy atom. The molecule has 2 rings (SSSR count). The molecule has 2 aromatic rings. The molecule has 0 aliphatic heterocycles. The van der Waals surface area contributed by atoms with Crippen LogP contribution >= 0.6 is 12.2 Å². The predicted molar refractivity (Wildman–Crippen MR) is 84.1 cm³/mol. The smallest absolute Gasteiger partial charge is 0.131 e. The fourth-order valence-corrected chi connectivity index (χ4v) is 2.02. The number of thiocarbonyl (C=S) groups is 1. The van der Waals surface area contributed by atoms with Crippen LogP contribution in [0.1, 0.15) is 22.4 Å². The Morgan fingerprint density at radius 2 is 1.95 bits per heavy atom. The first-order chi connectivity index (χ1) is 8.97. The standard InChI is InChI=1S/C15H17N3S/c1-9-5-4-6-13(11(9)3)18-14-8-12(15(16)19)7-10(2)17-14/h4-8H,1-3H3,(H2,16,19)(H,17,18). The summed E-state index contributed by atoms with van der Waals surface area (Å²) in [6.07, 6.45) is 0.